The fourth-order valence-electron chi connectivity index (χ4n) is 2.73. The van der Waals surface area contributed by atoms with Crippen LogP contribution in [0.2, 0.25) is 0 Å². The minimum absolute atomic E-state index is 0.0140. The van der Waals surface area contributed by atoms with E-state index in [2.05, 4.69) is 0 Å². The van der Waals surface area contributed by atoms with Crippen LogP contribution in [0, 0.1) is 11.6 Å². The Kier molecular flexibility index (Phi) is 6.48. The van der Waals surface area contributed by atoms with Crippen LogP contribution in [0.15, 0.2) is 36.4 Å². The zero-order valence-electron chi connectivity index (χ0n) is 15.8. The van der Waals surface area contributed by atoms with Crippen LogP contribution in [0.1, 0.15) is 16.8 Å². The summed E-state index contributed by atoms with van der Waals surface area (Å²) in [6.07, 6.45) is -1.25. The topological polar surface area (TPSA) is 83.8 Å². The number of rotatable bonds is 7. The number of carboxylic acid groups (broad SMARTS) is 1. The van der Waals surface area contributed by atoms with E-state index in [1.807, 2.05) is 21.1 Å². The zero-order valence-corrected chi connectivity index (χ0v) is 15.8. The van der Waals surface area contributed by atoms with Crippen molar-refractivity contribution in [2.24, 2.45) is 0 Å². The monoisotopic (exact) mass is 394 g/mol. The molecule has 0 spiro atoms. The predicted molar refractivity (Wildman–Crippen MR) is 97.9 cm³/mol. The standard InChI is InChI=1S/C20H21F2NO5/c1-23(2,3)11-14(24)10-19(25)28-18-7-4-12(8-16(18)20(26)27)15-6-5-13(21)9-17(15)22/h4-9,14,24H,10-11H2,1-3H3/p+1. The molecule has 1 unspecified atom stereocenters. The maximum absolute atomic E-state index is 14.0. The lowest BCUT2D eigenvalue weighted by Gasteiger charge is -2.26. The minimum Gasteiger partial charge on any atom is -0.478 e. The van der Waals surface area contributed by atoms with Gasteiger partial charge >= 0.3 is 11.9 Å². The average molecular weight is 394 g/mol. The fraction of sp³-hybridized carbons (Fsp3) is 0.300. The van der Waals surface area contributed by atoms with E-state index in [4.69, 9.17) is 4.74 Å². The number of halogens is 2. The molecule has 0 aliphatic rings. The number of ether oxygens (including phenoxy) is 1. The van der Waals surface area contributed by atoms with Gasteiger partial charge in [0.15, 0.2) is 0 Å². The summed E-state index contributed by atoms with van der Waals surface area (Å²) in [7, 11) is 5.55. The van der Waals surface area contributed by atoms with Crippen LogP contribution < -0.4 is 4.74 Å². The molecule has 6 nitrogen and oxygen atoms in total. The Morgan fingerprint density at radius 2 is 1.79 bits per heavy atom. The maximum atomic E-state index is 14.0. The SMILES string of the molecule is C[N+](C)(C)CC(O)CC(=O)Oc1ccc(-c2ccc(F)cc2F)cc1C(=O)O. The van der Waals surface area contributed by atoms with Gasteiger partial charge in [0.2, 0.25) is 0 Å². The van der Waals surface area contributed by atoms with Gasteiger partial charge < -0.3 is 19.4 Å². The first-order valence-corrected chi connectivity index (χ1v) is 8.48. The molecule has 0 amide bonds. The summed E-state index contributed by atoms with van der Waals surface area (Å²) in [5, 5.41) is 19.4. The van der Waals surface area contributed by atoms with E-state index in [1.165, 1.54) is 18.2 Å². The second-order valence-electron chi connectivity index (χ2n) is 7.45. The first-order valence-electron chi connectivity index (χ1n) is 8.48. The van der Waals surface area contributed by atoms with Crippen LogP contribution in [0.4, 0.5) is 8.78 Å². The fourth-order valence-corrected chi connectivity index (χ4v) is 2.73. The molecule has 0 heterocycles. The lowest BCUT2D eigenvalue weighted by molar-refractivity contribution is -0.873. The van der Waals surface area contributed by atoms with Gasteiger partial charge in [-0.15, -0.1) is 0 Å². The molecule has 2 aromatic rings. The van der Waals surface area contributed by atoms with Crippen molar-refractivity contribution < 1.29 is 37.8 Å². The van der Waals surface area contributed by atoms with Gasteiger partial charge in [0.1, 0.15) is 35.6 Å². The zero-order chi connectivity index (χ0) is 21.1. The van der Waals surface area contributed by atoms with Crippen molar-refractivity contribution in [3.8, 4) is 16.9 Å². The van der Waals surface area contributed by atoms with E-state index >= 15 is 0 Å². The number of hydrogen-bond acceptors (Lipinski definition) is 4. The summed E-state index contributed by atoms with van der Waals surface area (Å²) in [5.41, 5.74) is -0.143. The smallest absolute Gasteiger partial charge is 0.339 e. The van der Waals surface area contributed by atoms with Gasteiger partial charge in [-0.2, -0.15) is 0 Å². The number of likely N-dealkylation sites (N-methyl/N-ethyl adjacent to an activating group) is 1. The van der Waals surface area contributed by atoms with Crippen LogP contribution in [0.5, 0.6) is 5.75 Å². The van der Waals surface area contributed by atoms with Crippen molar-refractivity contribution in [3.05, 3.63) is 53.6 Å². The molecule has 0 saturated carbocycles. The van der Waals surface area contributed by atoms with E-state index in [0.29, 0.717) is 17.1 Å². The van der Waals surface area contributed by atoms with Crippen molar-refractivity contribution in [2.75, 3.05) is 27.7 Å². The van der Waals surface area contributed by atoms with Gasteiger partial charge in [-0.05, 0) is 29.8 Å². The molecule has 2 aromatic carbocycles. The normalized spacial score (nSPS) is 12.5. The molecular formula is C20H22F2NO5+. The lowest BCUT2D eigenvalue weighted by Crippen LogP contribution is -2.42. The Balaban J connectivity index is 2.23. The number of quaternary nitrogens is 1. The molecule has 0 aliphatic heterocycles. The van der Waals surface area contributed by atoms with Crippen molar-refractivity contribution in [2.45, 2.75) is 12.5 Å². The molecule has 0 fully saturated rings. The number of benzene rings is 2. The highest BCUT2D eigenvalue weighted by atomic mass is 19.1. The van der Waals surface area contributed by atoms with Crippen molar-refractivity contribution in [3.63, 3.8) is 0 Å². The molecule has 0 aliphatic carbocycles. The summed E-state index contributed by atoms with van der Waals surface area (Å²) >= 11 is 0. The summed E-state index contributed by atoms with van der Waals surface area (Å²) in [5.74, 6) is -3.98. The number of hydrogen-bond donors (Lipinski definition) is 2. The van der Waals surface area contributed by atoms with E-state index in [9.17, 15) is 28.6 Å². The van der Waals surface area contributed by atoms with Gasteiger partial charge in [0.05, 0.1) is 27.6 Å². The Morgan fingerprint density at radius 3 is 2.36 bits per heavy atom. The Hall–Kier alpha value is -2.84. The molecule has 0 aromatic heterocycles. The number of carbonyl (C=O) groups excluding carboxylic acids is 1. The molecular weight excluding hydrogens is 372 g/mol. The molecule has 150 valence electrons. The number of aliphatic hydroxyl groups excluding tert-OH is 1. The predicted octanol–water partition coefficient (Wildman–Crippen LogP) is 2.69. The quantitative estimate of drug-likeness (QED) is 0.429. The van der Waals surface area contributed by atoms with Crippen LogP contribution in [0.3, 0.4) is 0 Å². The minimum atomic E-state index is -1.38. The third-order valence-corrected chi connectivity index (χ3v) is 3.84. The van der Waals surface area contributed by atoms with Crippen LogP contribution in [-0.4, -0.2) is 60.4 Å². The van der Waals surface area contributed by atoms with Crippen molar-refractivity contribution in [1.29, 1.82) is 0 Å². The molecule has 8 heteroatoms. The molecule has 0 bridgehead atoms. The average Bonchev–Trinajstić information content (AvgIpc) is 2.53. The van der Waals surface area contributed by atoms with Crippen molar-refractivity contribution in [1.82, 2.24) is 0 Å². The first kappa shape index (κ1) is 21.5. The molecule has 2 N–H and O–H groups in total. The highest BCUT2D eigenvalue weighted by Crippen LogP contribution is 2.29. The van der Waals surface area contributed by atoms with Crippen LogP contribution in [0.25, 0.3) is 11.1 Å². The second kappa shape index (κ2) is 8.45. The lowest BCUT2D eigenvalue weighted by atomic mass is 10.0. The molecule has 1 atom stereocenters. The highest BCUT2D eigenvalue weighted by Gasteiger charge is 2.22. The largest absolute Gasteiger partial charge is 0.478 e. The van der Waals surface area contributed by atoms with E-state index in [0.717, 1.165) is 12.1 Å². The van der Waals surface area contributed by atoms with Gasteiger partial charge in [-0.25, -0.2) is 13.6 Å². The molecule has 0 radical (unpaired) electrons. The van der Waals surface area contributed by atoms with Gasteiger partial charge in [-0.1, -0.05) is 6.07 Å². The van der Waals surface area contributed by atoms with Crippen LogP contribution in [-0.2, 0) is 4.79 Å². The van der Waals surface area contributed by atoms with E-state index in [-0.39, 0.29) is 28.9 Å². The Morgan fingerprint density at radius 1 is 1.11 bits per heavy atom. The maximum Gasteiger partial charge on any atom is 0.339 e. The van der Waals surface area contributed by atoms with Crippen LogP contribution >= 0.6 is 0 Å². The van der Waals surface area contributed by atoms with Gasteiger partial charge in [-0.3, -0.25) is 4.79 Å². The number of esters is 1. The second-order valence-corrected chi connectivity index (χ2v) is 7.45. The van der Waals surface area contributed by atoms with Gasteiger partial charge in [0.25, 0.3) is 0 Å². The summed E-state index contributed by atoms with van der Waals surface area (Å²) in [6.45, 7) is 0.309. The number of aliphatic hydroxyl groups is 1. The molecule has 0 saturated heterocycles. The third-order valence-electron chi connectivity index (χ3n) is 3.84. The Labute approximate surface area is 161 Å². The number of carbonyl (C=O) groups is 2. The summed E-state index contributed by atoms with van der Waals surface area (Å²) < 4.78 is 32.6. The van der Waals surface area contributed by atoms with Crippen molar-refractivity contribution >= 4 is 11.9 Å². The number of aromatic carboxylic acids is 1. The van der Waals surface area contributed by atoms with E-state index in [1.54, 1.807) is 0 Å². The summed E-state index contributed by atoms with van der Waals surface area (Å²) in [4.78, 5) is 23.6. The summed E-state index contributed by atoms with van der Waals surface area (Å²) in [6, 6.07) is 6.68. The number of carboxylic acids is 1. The Bertz CT molecular complexity index is 893. The number of nitrogens with zero attached hydrogens (tertiary/aromatic N) is 1. The third kappa shape index (κ3) is 5.83. The highest BCUT2D eigenvalue weighted by molar-refractivity contribution is 5.93. The molecule has 28 heavy (non-hydrogen) atoms. The molecule has 2 rings (SSSR count). The first-order chi connectivity index (χ1) is 13.0. The van der Waals surface area contributed by atoms with Gasteiger partial charge in [0, 0.05) is 11.6 Å². The van der Waals surface area contributed by atoms with E-state index < -0.39 is 29.7 Å².